The van der Waals surface area contributed by atoms with Crippen LogP contribution in [-0.2, 0) is 6.54 Å². The summed E-state index contributed by atoms with van der Waals surface area (Å²) >= 11 is 5.73. The van der Waals surface area contributed by atoms with Gasteiger partial charge in [0.05, 0.1) is 6.54 Å². The van der Waals surface area contributed by atoms with Crippen molar-refractivity contribution in [1.82, 2.24) is 5.01 Å². The Balaban J connectivity index is 2.60. The van der Waals surface area contributed by atoms with E-state index < -0.39 is 5.03 Å². The summed E-state index contributed by atoms with van der Waals surface area (Å²) in [5, 5.41) is 21.8. The van der Waals surface area contributed by atoms with Crippen LogP contribution in [0.3, 0.4) is 0 Å². The van der Waals surface area contributed by atoms with Crippen molar-refractivity contribution in [2.24, 2.45) is 0 Å². The topological polar surface area (TPSA) is 66.6 Å². The van der Waals surface area contributed by atoms with Crippen molar-refractivity contribution in [3.63, 3.8) is 0 Å². The lowest BCUT2D eigenvalue weighted by atomic mass is 10.2. The maximum atomic E-state index is 11.0. The van der Waals surface area contributed by atoms with Crippen molar-refractivity contribution in [2.45, 2.75) is 39.2 Å². The lowest BCUT2D eigenvalue weighted by molar-refractivity contribution is -0.659. The number of phenolic OH excluding ortho intramolecular Hbond substituents is 1. The lowest BCUT2D eigenvalue weighted by Crippen LogP contribution is -2.30. The van der Waals surface area contributed by atoms with Crippen LogP contribution >= 0.6 is 11.6 Å². The van der Waals surface area contributed by atoms with Crippen LogP contribution in [0.5, 0.6) is 5.75 Å². The number of nitro groups is 1. The van der Waals surface area contributed by atoms with Gasteiger partial charge in [-0.05, 0) is 18.6 Å². The molecular formula is C13H19ClN2O3. The SMILES string of the molecule is CCCCCCN(Cc1ccc(Cl)cc1O)[N+](=O)[O-]. The smallest absolute Gasteiger partial charge is 0.160 e. The molecule has 0 bridgehead atoms. The second-order valence-electron chi connectivity index (χ2n) is 4.46. The number of phenols is 1. The van der Waals surface area contributed by atoms with Crippen LogP contribution in [0, 0.1) is 10.1 Å². The number of halogens is 1. The first-order chi connectivity index (χ1) is 9.04. The van der Waals surface area contributed by atoms with Crippen LogP contribution in [0.1, 0.15) is 38.2 Å². The van der Waals surface area contributed by atoms with Crippen LogP contribution < -0.4 is 0 Å². The molecule has 5 nitrogen and oxygen atoms in total. The molecule has 0 amide bonds. The van der Waals surface area contributed by atoms with Gasteiger partial charge in [0.25, 0.3) is 0 Å². The molecule has 19 heavy (non-hydrogen) atoms. The van der Waals surface area contributed by atoms with Crippen molar-refractivity contribution < 1.29 is 10.1 Å². The van der Waals surface area contributed by atoms with Gasteiger partial charge in [-0.3, -0.25) is 0 Å². The third-order valence-electron chi connectivity index (χ3n) is 2.90. The summed E-state index contributed by atoms with van der Waals surface area (Å²) in [4.78, 5) is 11.0. The van der Waals surface area contributed by atoms with E-state index in [1.807, 2.05) is 0 Å². The number of benzene rings is 1. The number of nitrogens with zero attached hydrogens (tertiary/aromatic N) is 2. The standard InChI is InChI=1S/C13H19ClN2O3/c1-2-3-4-5-8-15(16(18)19)10-11-6-7-12(14)9-13(11)17/h6-7,9,17H,2-5,8,10H2,1H3. The summed E-state index contributed by atoms with van der Waals surface area (Å²) in [6, 6.07) is 4.62. The molecule has 6 heteroatoms. The monoisotopic (exact) mass is 286 g/mol. The molecule has 0 heterocycles. The lowest BCUT2D eigenvalue weighted by Gasteiger charge is -2.15. The molecule has 1 rings (SSSR count). The van der Waals surface area contributed by atoms with Gasteiger partial charge in [0.1, 0.15) is 12.3 Å². The maximum Gasteiger partial charge on any atom is 0.160 e. The fourth-order valence-electron chi connectivity index (χ4n) is 1.81. The Morgan fingerprint density at radius 1 is 1.37 bits per heavy atom. The summed E-state index contributed by atoms with van der Waals surface area (Å²) < 4.78 is 0. The van der Waals surface area contributed by atoms with E-state index in [-0.39, 0.29) is 12.3 Å². The molecule has 1 aromatic carbocycles. The first-order valence-corrected chi connectivity index (χ1v) is 6.79. The zero-order valence-electron chi connectivity index (χ0n) is 11.0. The molecule has 0 saturated carbocycles. The fraction of sp³-hybridized carbons (Fsp3) is 0.538. The van der Waals surface area contributed by atoms with Crippen molar-refractivity contribution >= 4 is 11.6 Å². The quantitative estimate of drug-likeness (QED) is 0.450. The van der Waals surface area contributed by atoms with E-state index in [1.165, 1.54) is 6.07 Å². The third kappa shape index (κ3) is 5.34. The van der Waals surface area contributed by atoms with Crippen LogP contribution in [0.2, 0.25) is 5.02 Å². The average Bonchev–Trinajstić information content (AvgIpc) is 2.35. The van der Waals surface area contributed by atoms with Gasteiger partial charge in [-0.1, -0.05) is 43.9 Å². The minimum Gasteiger partial charge on any atom is -0.508 e. The minimum absolute atomic E-state index is 0.00657. The molecule has 0 aliphatic heterocycles. The summed E-state index contributed by atoms with van der Waals surface area (Å²) in [5.74, 6) is -0.00657. The van der Waals surface area contributed by atoms with E-state index in [1.54, 1.807) is 12.1 Å². The van der Waals surface area contributed by atoms with E-state index in [4.69, 9.17) is 11.6 Å². The Morgan fingerprint density at radius 3 is 2.68 bits per heavy atom. The second-order valence-corrected chi connectivity index (χ2v) is 4.90. The maximum absolute atomic E-state index is 11.0. The fourth-order valence-corrected chi connectivity index (χ4v) is 1.97. The van der Waals surface area contributed by atoms with Crippen LogP contribution in [0.15, 0.2) is 18.2 Å². The number of unbranched alkanes of at least 4 members (excludes halogenated alkanes) is 3. The van der Waals surface area contributed by atoms with Gasteiger partial charge in [0.15, 0.2) is 5.03 Å². The minimum atomic E-state index is -0.417. The molecule has 0 spiro atoms. The van der Waals surface area contributed by atoms with Gasteiger partial charge < -0.3 is 5.11 Å². The van der Waals surface area contributed by atoms with E-state index in [0.717, 1.165) is 30.7 Å². The number of rotatable bonds is 8. The largest absolute Gasteiger partial charge is 0.508 e. The first kappa shape index (κ1) is 15.6. The molecule has 0 aromatic heterocycles. The summed E-state index contributed by atoms with van der Waals surface area (Å²) in [5.41, 5.74) is 0.511. The highest BCUT2D eigenvalue weighted by atomic mass is 35.5. The van der Waals surface area contributed by atoms with Gasteiger partial charge in [-0.15, -0.1) is 5.01 Å². The number of aromatic hydroxyl groups is 1. The molecule has 106 valence electrons. The molecule has 0 radical (unpaired) electrons. The third-order valence-corrected chi connectivity index (χ3v) is 3.14. The average molecular weight is 287 g/mol. The van der Waals surface area contributed by atoms with Crippen LogP contribution in [0.4, 0.5) is 0 Å². The molecule has 1 N–H and O–H groups in total. The van der Waals surface area contributed by atoms with E-state index in [0.29, 0.717) is 17.1 Å². The first-order valence-electron chi connectivity index (χ1n) is 6.41. The zero-order valence-corrected chi connectivity index (χ0v) is 11.8. The zero-order chi connectivity index (χ0) is 14.3. The molecule has 1 aromatic rings. The molecule has 0 atom stereocenters. The van der Waals surface area contributed by atoms with Gasteiger partial charge >= 0.3 is 0 Å². The van der Waals surface area contributed by atoms with Crippen molar-refractivity contribution in [1.29, 1.82) is 0 Å². The Bertz CT molecular complexity index is 426. The van der Waals surface area contributed by atoms with E-state index >= 15 is 0 Å². The highest BCUT2D eigenvalue weighted by Crippen LogP contribution is 2.23. The van der Waals surface area contributed by atoms with Crippen LogP contribution in [0.25, 0.3) is 0 Å². The Hall–Kier alpha value is -1.49. The van der Waals surface area contributed by atoms with Crippen molar-refractivity contribution in [3.05, 3.63) is 38.9 Å². The van der Waals surface area contributed by atoms with Crippen LogP contribution in [-0.4, -0.2) is 21.7 Å². The van der Waals surface area contributed by atoms with Crippen molar-refractivity contribution in [2.75, 3.05) is 6.54 Å². The van der Waals surface area contributed by atoms with Gasteiger partial charge in [0, 0.05) is 10.6 Å². The highest BCUT2D eigenvalue weighted by Gasteiger charge is 2.16. The van der Waals surface area contributed by atoms with E-state index in [2.05, 4.69) is 6.92 Å². The summed E-state index contributed by atoms with van der Waals surface area (Å²) in [6.45, 7) is 2.56. The van der Waals surface area contributed by atoms with Gasteiger partial charge in [-0.25, -0.2) is 10.1 Å². The Labute approximate surface area is 117 Å². The van der Waals surface area contributed by atoms with E-state index in [9.17, 15) is 15.2 Å². The molecule has 0 unspecified atom stereocenters. The summed E-state index contributed by atoms with van der Waals surface area (Å²) in [6.07, 6.45) is 3.94. The van der Waals surface area contributed by atoms with Gasteiger partial charge in [-0.2, -0.15) is 0 Å². The molecule has 0 aliphatic rings. The molecular weight excluding hydrogens is 268 g/mol. The molecule has 0 fully saturated rings. The molecule has 0 saturated heterocycles. The summed E-state index contributed by atoms with van der Waals surface area (Å²) in [7, 11) is 0. The number of hydrazine groups is 1. The van der Waals surface area contributed by atoms with Gasteiger partial charge in [0.2, 0.25) is 0 Å². The second kappa shape index (κ2) is 7.84. The predicted octanol–water partition coefficient (Wildman–Crippen LogP) is 3.62. The van der Waals surface area contributed by atoms with Crippen molar-refractivity contribution in [3.8, 4) is 5.75 Å². The Morgan fingerprint density at radius 2 is 2.11 bits per heavy atom. The number of hydrogen-bond acceptors (Lipinski definition) is 3. The Kier molecular flexibility index (Phi) is 6.42. The highest BCUT2D eigenvalue weighted by molar-refractivity contribution is 6.30. The predicted molar refractivity (Wildman–Crippen MR) is 74.7 cm³/mol. The molecule has 0 aliphatic carbocycles. The normalized spacial score (nSPS) is 10.4. The number of hydrogen-bond donors (Lipinski definition) is 1.